The van der Waals surface area contributed by atoms with Gasteiger partial charge in [-0.2, -0.15) is 0 Å². The number of nitrogens with two attached hydrogens (primary N) is 1. The highest BCUT2D eigenvalue weighted by Gasteiger charge is 2.24. The molecule has 2 rings (SSSR count). The topological polar surface area (TPSA) is 43.1 Å². The minimum absolute atomic E-state index is 0.0189. The van der Waals surface area contributed by atoms with Crippen LogP contribution < -0.4 is 5.73 Å². The van der Waals surface area contributed by atoms with Crippen molar-refractivity contribution >= 4 is 5.78 Å². The Kier molecular flexibility index (Phi) is 3.86. The van der Waals surface area contributed by atoms with Crippen LogP contribution >= 0.6 is 0 Å². The van der Waals surface area contributed by atoms with Gasteiger partial charge in [0.05, 0.1) is 0 Å². The molecule has 1 aliphatic rings. The van der Waals surface area contributed by atoms with Gasteiger partial charge in [0.1, 0.15) is 0 Å². The average molecular weight is 245 g/mol. The second-order valence-corrected chi connectivity index (χ2v) is 6.01. The summed E-state index contributed by atoms with van der Waals surface area (Å²) in [6, 6.07) is 8.03. The molecule has 0 unspecified atom stereocenters. The Morgan fingerprint density at radius 1 is 1.22 bits per heavy atom. The third-order valence-corrected chi connectivity index (χ3v) is 4.19. The zero-order chi connectivity index (χ0) is 13.2. The molecular weight excluding hydrogens is 222 g/mol. The Morgan fingerprint density at radius 3 is 2.28 bits per heavy atom. The first-order valence-electron chi connectivity index (χ1n) is 6.89. The van der Waals surface area contributed by atoms with Gasteiger partial charge < -0.3 is 5.73 Å². The molecule has 1 saturated carbocycles. The first-order chi connectivity index (χ1) is 8.54. The van der Waals surface area contributed by atoms with Crippen LogP contribution in [0.25, 0.3) is 0 Å². The summed E-state index contributed by atoms with van der Waals surface area (Å²) in [7, 11) is 0. The van der Waals surface area contributed by atoms with E-state index in [0.717, 1.165) is 18.4 Å². The molecule has 1 aromatic carbocycles. The van der Waals surface area contributed by atoms with E-state index in [1.54, 1.807) is 0 Å². The minimum atomic E-state index is -0.0189. The van der Waals surface area contributed by atoms with Crippen molar-refractivity contribution in [1.29, 1.82) is 0 Å². The highest BCUT2D eigenvalue weighted by atomic mass is 16.1. The molecular formula is C16H23NO. The van der Waals surface area contributed by atoms with E-state index in [0.29, 0.717) is 12.3 Å². The SMILES string of the molecule is CC(C)(CN)c1ccc(C(=O)C2CCCC2)cc1. The van der Waals surface area contributed by atoms with Crippen molar-refractivity contribution in [3.05, 3.63) is 35.4 Å². The number of carbonyl (C=O) groups excluding carboxylic acids is 1. The molecule has 0 bridgehead atoms. The Morgan fingerprint density at radius 2 is 1.78 bits per heavy atom. The molecule has 0 aliphatic heterocycles. The summed E-state index contributed by atoms with van der Waals surface area (Å²) in [6.45, 7) is 4.87. The largest absolute Gasteiger partial charge is 0.330 e. The molecule has 1 aromatic rings. The van der Waals surface area contributed by atoms with E-state index < -0.39 is 0 Å². The number of rotatable bonds is 4. The van der Waals surface area contributed by atoms with Crippen molar-refractivity contribution in [1.82, 2.24) is 0 Å². The lowest BCUT2D eigenvalue weighted by Crippen LogP contribution is -2.28. The summed E-state index contributed by atoms with van der Waals surface area (Å²) in [6.07, 6.45) is 4.53. The van der Waals surface area contributed by atoms with Gasteiger partial charge in [0, 0.05) is 23.4 Å². The molecule has 0 radical (unpaired) electrons. The zero-order valence-electron chi connectivity index (χ0n) is 11.4. The molecule has 0 saturated heterocycles. The summed E-state index contributed by atoms with van der Waals surface area (Å²) in [5.74, 6) is 0.586. The third kappa shape index (κ3) is 2.64. The lowest BCUT2D eigenvalue weighted by atomic mass is 9.84. The van der Waals surface area contributed by atoms with Gasteiger partial charge in [0.25, 0.3) is 0 Å². The van der Waals surface area contributed by atoms with Crippen molar-refractivity contribution in [2.75, 3.05) is 6.54 Å². The summed E-state index contributed by atoms with van der Waals surface area (Å²) in [5, 5.41) is 0. The molecule has 0 heterocycles. The summed E-state index contributed by atoms with van der Waals surface area (Å²) < 4.78 is 0. The molecule has 0 atom stereocenters. The van der Waals surface area contributed by atoms with E-state index in [2.05, 4.69) is 26.0 Å². The van der Waals surface area contributed by atoms with Crippen LogP contribution in [-0.2, 0) is 5.41 Å². The van der Waals surface area contributed by atoms with Gasteiger partial charge in [-0.15, -0.1) is 0 Å². The van der Waals surface area contributed by atoms with Crippen LogP contribution in [0.15, 0.2) is 24.3 Å². The predicted octanol–water partition coefficient (Wildman–Crippen LogP) is 3.30. The minimum Gasteiger partial charge on any atom is -0.330 e. The standard InChI is InChI=1S/C16H23NO/c1-16(2,11-17)14-9-7-13(8-10-14)15(18)12-5-3-4-6-12/h7-10,12H,3-6,11,17H2,1-2H3. The second kappa shape index (κ2) is 5.23. The van der Waals surface area contributed by atoms with Crippen LogP contribution in [0.1, 0.15) is 55.5 Å². The van der Waals surface area contributed by atoms with Gasteiger partial charge in [0.2, 0.25) is 0 Å². The summed E-state index contributed by atoms with van der Waals surface area (Å²) in [4.78, 5) is 12.3. The number of hydrogen-bond donors (Lipinski definition) is 1. The highest BCUT2D eigenvalue weighted by Crippen LogP contribution is 2.29. The van der Waals surface area contributed by atoms with E-state index in [-0.39, 0.29) is 11.3 Å². The normalized spacial score (nSPS) is 17.1. The molecule has 2 heteroatoms. The zero-order valence-corrected chi connectivity index (χ0v) is 11.4. The molecule has 2 nitrogen and oxygen atoms in total. The van der Waals surface area contributed by atoms with Crippen LogP contribution in [-0.4, -0.2) is 12.3 Å². The Bertz CT molecular complexity index is 413. The fourth-order valence-corrected chi connectivity index (χ4v) is 2.63. The fourth-order valence-electron chi connectivity index (χ4n) is 2.63. The predicted molar refractivity (Wildman–Crippen MR) is 74.8 cm³/mol. The maximum atomic E-state index is 12.3. The maximum absolute atomic E-state index is 12.3. The molecule has 1 fully saturated rings. The summed E-state index contributed by atoms with van der Waals surface area (Å²) >= 11 is 0. The van der Waals surface area contributed by atoms with Gasteiger partial charge in [-0.05, 0) is 18.4 Å². The number of ketones is 1. The van der Waals surface area contributed by atoms with E-state index in [1.807, 2.05) is 12.1 Å². The van der Waals surface area contributed by atoms with Crippen LogP contribution in [0.4, 0.5) is 0 Å². The van der Waals surface area contributed by atoms with E-state index >= 15 is 0 Å². The number of hydrogen-bond acceptors (Lipinski definition) is 2. The molecule has 0 spiro atoms. The van der Waals surface area contributed by atoms with E-state index in [9.17, 15) is 4.79 Å². The monoisotopic (exact) mass is 245 g/mol. The van der Waals surface area contributed by atoms with Gasteiger partial charge in [-0.25, -0.2) is 0 Å². The van der Waals surface area contributed by atoms with Crippen molar-refractivity contribution in [2.45, 2.75) is 44.9 Å². The Hall–Kier alpha value is -1.15. The Labute approximate surface area is 110 Å². The average Bonchev–Trinajstić information content (AvgIpc) is 2.92. The van der Waals surface area contributed by atoms with Crippen LogP contribution in [0.5, 0.6) is 0 Å². The van der Waals surface area contributed by atoms with Crippen molar-refractivity contribution in [3.63, 3.8) is 0 Å². The lowest BCUT2D eigenvalue weighted by Gasteiger charge is -2.23. The fraction of sp³-hybridized carbons (Fsp3) is 0.562. The number of Topliss-reactive ketones (excluding diaryl/α,β-unsaturated/α-hetero) is 1. The van der Waals surface area contributed by atoms with Crippen LogP contribution in [0, 0.1) is 5.92 Å². The molecule has 18 heavy (non-hydrogen) atoms. The first kappa shape index (κ1) is 13.3. The number of carbonyl (C=O) groups is 1. The van der Waals surface area contributed by atoms with Crippen LogP contribution in [0.2, 0.25) is 0 Å². The third-order valence-electron chi connectivity index (χ3n) is 4.19. The van der Waals surface area contributed by atoms with Crippen molar-refractivity contribution in [2.24, 2.45) is 11.7 Å². The maximum Gasteiger partial charge on any atom is 0.165 e. The molecule has 0 amide bonds. The van der Waals surface area contributed by atoms with Gasteiger partial charge in [-0.3, -0.25) is 4.79 Å². The summed E-state index contributed by atoms with van der Waals surface area (Å²) in [5.41, 5.74) is 7.81. The van der Waals surface area contributed by atoms with E-state index in [1.165, 1.54) is 18.4 Å². The quantitative estimate of drug-likeness (QED) is 0.827. The van der Waals surface area contributed by atoms with Crippen molar-refractivity contribution < 1.29 is 4.79 Å². The van der Waals surface area contributed by atoms with Gasteiger partial charge in [-0.1, -0.05) is 51.0 Å². The lowest BCUT2D eigenvalue weighted by molar-refractivity contribution is 0.0923. The molecule has 0 aromatic heterocycles. The van der Waals surface area contributed by atoms with Crippen molar-refractivity contribution in [3.8, 4) is 0 Å². The van der Waals surface area contributed by atoms with Crippen LogP contribution in [0.3, 0.4) is 0 Å². The highest BCUT2D eigenvalue weighted by molar-refractivity contribution is 5.98. The smallest absolute Gasteiger partial charge is 0.165 e. The number of benzene rings is 1. The molecule has 2 N–H and O–H groups in total. The van der Waals surface area contributed by atoms with Gasteiger partial charge >= 0.3 is 0 Å². The molecule has 98 valence electrons. The first-order valence-corrected chi connectivity index (χ1v) is 6.89. The Balaban J connectivity index is 2.14. The molecule has 1 aliphatic carbocycles. The van der Waals surface area contributed by atoms with E-state index in [4.69, 9.17) is 5.73 Å². The van der Waals surface area contributed by atoms with Gasteiger partial charge in [0.15, 0.2) is 5.78 Å². The second-order valence-electron chi connectivity index (χ2n) is 6.01.